The maximum Gasteiger partial charge on any atom is 0.410 e. The smallest absolute Gasteiger partial charge is 0.410 e. The van der Waals surface area contributed by atoms with E-state index >= 15 is 0 Å². The van der Waals surface area contributed by atoms with Crippen molar-refractivity contribution in [2.45, 2.75) is 64.1 Å². The predicted molar refractivity (Wildman–Crippen MR) is 80.5 cm³/mol. The Hall–Kier alpha value is -1.46. The van der Waals surface area contributed by atoms with Gasteiger partial charge in [0.25, 0.3) is 0 Å². The van der Waals surface area contributed by atoms with E-state index in [1.165, 1.54) is 0 Å². The maximum absolute atomic E-state index is 12.5. The zero-order valence-electron chi connectivity index (χ0n) is 13.9. The van der Waals surface area contributed by atoms with Crippen LogP contribution in [0.3, 0.4) is 0 Å². The first-order valence-corrected chi connectivity index (χ1v) is 8.22. The third-order valence-electron chi connectivity index (χ3n) is 4.91. The summed E-state index contributed by atoms with van der Waals surface area (Å²) in [5.74, 6) is 0.347. The maximum atomic E-state index is 12.5. The lowest BCUT2D eigenvalue weighted by molar-refractivity contribution is 0.0149. The summed E-state index contributed by atoms with van der Waals surface area (Å²) < 4.78 is 10.7. The van der Waals surface area contributed by atoms with E-state index in [4.69, 9.17) is 9.47 Å². The molecule has 0 aromatic carbocycles. The number of nitrogens with zero attached hydrogens (tertiary/aromatic N) is 2. The Bertz CT molecular complexity index is 481. The monoisotopic (exact) mass is 310 g/mol. The number of amides is 2. The van der Waals surface area contributed by atoms with Gasteiger partial charge in [0.05, 0.1) is 18.2 Å². The molecule has 1 spiro atoms. The number of carbonyl (C=O) groups is 2. The second-order valence-corrected chi connectivity index (χ2v) is 7.58. The van der Waals surface area contributed by atoms with E-state index < -0.39 is 5.60 Å². The Morgan fingerprint density at radius 2 is 1.91 bits per heavy atom. The standard InChI is InChI=1S/C16H26N2O4/c1-5-21-14(20)18-10-11-6-9-17(12(11)16(18)7-8-16)13(19)22-15(2,3)4/h11-12H,5-10H2,1-4H3. The van der Waals surface area contributed by atoms with Crippen molar-refractivity contribution in [2.75, 3.05) is 19.7 Å². The van der Waals surface area contributed by atoms with E-state index in [2.05, 4.69) is 0 Å². The lowest BCUT2D eigenvalue weighted by atomic mass is 9.98. The third-order valence-corrected chi connectivity index (χ3v) is 4.91. The molecule has 3 rings (SSSR count). The van der Waals surface area contributed by atoms with E-state index in [9.17, 15) is 9.59 Å². The highest BCUT2D eigenvalue weighted by Gasteiger charge is 2.67. The number of fused-ring (bicyclic) bond motifs is 2. The fourth-order valence-electron chi connectivity index (χ4n) is 4.03. The number of ether oxygens (including phenoxy) is 2. The summed E-state index contributed by atoms with van der Waals surface area (Å²) in [6.45, 7) is 9.27. The van der Waals surface area contributed by atoms with Crippen molar-refractivity contribution in [2.24, 2.45) is 5.92 Å². The quantitative estimate of drug-likeness (QED) is 0.747. The molecule has 22 heavy (non-hydrogen) atoms. The summed E-state index contributed by atoms with van der Waals surface area (Å²) in [6, 6.07) is 0.0896. The number of hydrogen-bond acceptors (Lipinski definition) is 4. The average Bonchev–Trinajstić information content (AvgIpc) is 2.95. The Morgan fingerprint density at radius 3 is 2.45 bits per heavy atom. The normalized spacial score (nSPS) is 28.7. The lowest BCUT2D eigenvalue weighted by Gasteiger charge is -2.34. The molecule has 1 saturated carbocycles. The Kier molecular flexibility index (Phi) is 3.53. The molecule has 2 saturated heterocycles. The summed E-state index contributed by atoms with van der Waals surface area (Å²) >= 11 is 0. The molecule has 2 amide bonds. The number of rotatable bonds is 1. The minimum atomic E-state index is -0.495. The molecule has 3 fully saturated rings. The number of likely N-dealkylation sites (tertiary alicyclic amines) is 2. The van der Waals surface area contributed by atoms with Crippen LogP contribution in [0.15, 0.2) is 0 Å². The Morgan fingerprint density at radius 1 is 1.23 bits per heavy atom. The summed E-state index contributed by atoms with van der Waals surface area (Å²) in [4.78, 5) is 28.4. The molecule has 3 aliphatic rings. The molecule has 0 aromatic rings. The fraction of sp³-hybridized carbons (Fsp3) is 0.875. The van der Waals surface area contributed by atoms with Gasteiger partial charge in [-0.15, -0.1) is 0 Å². The Labute approximate surface area is 131 Å². The minimum Gasteiger partial charge on any atom is -0.450 e. The minimum absolute atomic E-state index is 0.0896. The molecule has 124 valence electrons. The van der Waals surface area contributed by atoms with Crippen LogP contribution in [0.1, 0.15) is 47.0 Å². The second-order valence-electron chi connectivity index (χ2n) is 7.58. The van der Waals surface area contributed by atoms with Crippen LogP contribution >= 0.6 is 0 Å². The van der Waals surface area contributed by atoms with Gasteiger partial charge >= 0.3 is 12.2 Å². The summed E-state index contributed by atoms with van der Waals surface area (Å²) in [6.07, 6.45) is 2.34. The van der Waals surface area contributed by atoms with Crippen LogP contribution in [0.4, 0.5) is 9.59 Å². The summed E-state index contributed by atoms with van der Waals surface area (Å²) in [5, 5.41) is 0. The van der Waals surface area contributed by atoms with Crippen LogP contribution in [0, 0.1) is 5.92 Å². The van der Waals surface area contributed by atoms with Crippen LogP contribution < -0.4 is 0 Å². The van der Waals surface area contributed by atoms with E-state index in [-0.39, 0.29) is 23.8 Å². The third kappa shape index (κ3) is 2.42. The molecular formula is C16H26N2O4. The SMILES string of the molecule is CCOC(=O)N1CC2CCN(C(=O)OC(C)(C)C)C2C12CC2. The van der Waals surface area contributed by atoms with Gasteiger partial charge in [-0.3, -0.25) is 0 Å². The van der Waals surface area contributed by atoms with E-state index in [0.717, 1.165) is 25.8 Å². The van der Waals surface area contributed by atoms with Crippen LogP contribution in [-0.2, 0) is 9.47 Å². The van der Waals surface area contributed by atoms with Crippen LogP contribution in [0.5, 0.6) is 0 Å². The molecule has 6 nitrogen and oxygen atoms in total. The van der Waals surface area contributed by atoms with E-state index in [1.54, 1.807) is 0 Å². The van der Waals surface area contributed by atoms with Crippen molar-refractivity contribution in [1.82, 2.24) is 9.80 Å². The van der Waals surface area contributed by atoms with Gasteiger partial charge in [-0.1, -0.05) is 0 Å². The van der Waals surface area contributed by atoms with Gasteiger partial charge < -0.3 is 19.3 Å². The van der Waals surface area contributed by atoms with Gasteiger partial charge in [0.15, 0.2) is 0 Å². The molecule has 0 radical (unpaired) electrons. The van der Waals surface area contributed by atoms with E-state index in [0.29, 0.717) is 19.1 Å². The molecule has 2 aliphatic heterocycles. The molecule has 2 unspecified atom stereocenters. The van der Waals surface area contributed by atoms with Gasteiger partial charge in [0.2, 0.25) is 0 Å². The molecular weight excluding hydrogens is 284 g/mol. The van der Waals surface area contributed by atoms with E-state index in [1.807, 2.05) is 37.5 Å². The lowest BCUT2D eigenvalue weighted by Crippen LogP contribution is -2.51. The largest absolute Gasteiger partial charge is 0.450 e. The number of carbonyl (C=O) groups excluding carboxylic acids is 2. The van der Waals surface area contributed by atoms with Crippen molar-refractivity contribution in [3.63, 3.8) is 0 Å². The van der Waals surface area contributed by atoms with Crippen molar-refractivity contribution < 1.29 is 19.1 Å². The fourth-order valence-corrected chi connectivity index (χ4v) is 4.03. The van der Waals surface area contributed by atoms with Gasteiger partial charge in [-0.05, 0) is 47.0 Å². The van der Waals surface area contributed by atoms with Gasteiger partial charge in [0.1, 0.15) is 5.60 Å². The van der Waals surface area contributed by atoms with Gasteiger partial charge in [0, 0.05) is 19.0 Å². The molecule has 0 bridgehead atoms. The van der Waals surface area contributed by atoms with Crippen LogP contribution in [-0.4, -0.2) is 58.9 Å². The molecule has 0 N–H and O–H groups in total. The summed E-state index contributed by atoms with van der Waals surface area (Å²) in [5.41, 5.74) is -0.699. The molecule has 0 aromatic heterocycles. The van der Waals surface area contributed by atoms with Gasteiger partial charge in [-0.25, -0.2) is 9.59 Å². The molecule has 2 atom stereocenters. The molecule has 1 aliphatic carbocycles. The van der Waals surface area contributed by atoms with Crippen LogP contribution in [0.25, 0.3) is 0 Å². The Balaban J connectivity index is 1.77. The zero-order valence-corrected chi connectivity index (χ0v) is 13.9. The van der Waals surface area contributed by atoms with Crippen molar-refractivity contribution in [3.05, 3.63) is 0 Å². The van der Waals surface area contributed by atoms with Crippen molar-refractivity contribution >= 4 is 12.2 Å². The van der Waals surface area contributed by atoms with Crippen molar-refractivity contribution in [1.29, 1.82) is 0 Å². The van der Waals surface area contributed by atoms with Crippen LogP contribution in [0.2, 0.25) is 0 Å². The highest BCUT2D eigenvalue weighted by Crippen LogP contribution is 2.56. The predicted octanol–water partition coefficient (Wildman–Crippen LogP) is 2.62. The first-order chi connectivity index (χ1) is 10.3. The van der Waals surface area contributed by atoms with Gasteiger partial charge in [-0.2, -0.15) is 0 Å². The molecule has 6 heteroatoms. The number of hydrogen-bond donors (Lipinski definition) is 0. The first-order valence-electron chi connectivity index (χ1n) is 8.22. The topological polar surface area (TPSA) is 59.1 Å². The zero-order chi connectivity index (χ0) is 16.1. The second kappa shape index (κ2) is 5.03. The highest BCUT2D eigenvalue weighted by molar-refractivity contribution is 5.73. The average molecular weight is 310 g/mol. The van der Waals surface area contributed by atoms with Crippen molar-refractivity contribution in [3.8, 4) is 0 Å². The molecule has 2 heterocycles. The summed E-state index contributed by atoms with van der Waals surface area (Å²) in [7, 11) is 0. The highest BCUT2D eigenvalue weighted by atomic mass is 16.6. The first kappa shape index (κ1) is 15.4.